The minimum Gasteiger partial charge on any atom is -0.268 e. The molecule has 3 aromatic carbocycles. The van der Waals surface area contributed by atoms with Gasteiger partial charge in [0.1, 0.15) is 0 Å². The van der Waals surface area contributed by atoms with Crippen LogP contribution in [0.5, 0.6) is 0 Å². The van der Waals surface area contributed by atoms with Gasteiger partial charge in [-0.05, 0) is 71.9 Å². The van der Waals surface area contributed by atoms with Gasteiger partial charge in [-0.15, -0.1) is 0 Å². The Morgan fingerprint density at radius 2 is 1.47 bits per heavy atom. The molecule has 0 aromatic heterocycles. The van der Waals surface area contributed by atoms with Crippen LogP contribution in [-0.4, -0.2) is 17.0 Å². The van der Waals surface area contributed by atoms with Crippen molar-refractivity contribution in [2.24, 2.45) is 4.99 Å². The largest absolute Gasteiger partial charge is 0.279 e. The van der Waals surface area contributed by atoms with Gasteiger partial charge in [0, 0.05) is 15.6 Å². The summed E-state index contributed by atoms with van der Waals surface area (Å²) in [6, 6.07) is 22.7. The molecule has 3 aromatic rings. The number of halogens is 2. The molecule has 0 aliphatic carbocycles. The van der Waals surface area contributed by atoms with Crippen LogP contribution in [-0.2, 0) is 4.79 Å². The van der Waals surface area contributed by atoms with Crippen LogP contribution in [0.3, 0.4) is 0 Å². The molecule has 2 amide bonds. The summed E-state index contributed by atoms with van der Waals surface area (Å²) in [5, 5.41) is 1.45. The molecule has 30 heavy (non-hydrogen) atoms. The Morgan fingerprint density at radius 1 is 0.867 bits per heavy atom. The van der Waals surface area contributed by atoms with Crippen LogP contribution < -0.4 is 4.90 Å². The van der Waals surface area contributed by atoms with E-state index in [0.29, 0.717) is 26.2 Å². The van der Waals surface area contributed by atoms with E-state index < -0.39 is 5.91 Å². The second-order valence-electron chi connectivity index (χ2n) is 6.34. The van der Waals surface area contributed by atoms with E-state index >= 15 is 0 Å². The third-order valence-corrected chi connectivity index (χ3v) is 5.75. The van der Waals surface area contributed by atoms with E-state index in [0.717, 1.165) is 17.3 Å². The zero-order valence-electron chi connectivity index (χ0n) is 15.5. The van der Waals surface area contributed by atoms with Crippen LogP contribution in [0.2, 0.25) is 10.0 Å². The minimum absolute atomic E-state index is 0.267. The molecule has 0 N–H and O–H groups in total. The first-order valence-electron chi connectivity index (χ1n) is 8.94. The van der Waals surface area contributed by atoms with Crippen molar-refractivity contribution in [3.05, 3.63) is 105 Å². The molecule has 1 aliphatic rings. The number of aliphatic imine (C=N–C) groups is 1. The number of hydrogen-bond acceptors (Lipinski definition) is 3. The standard InChI is InChI=1S/C23H14Cl2N2O2S/c24-17-8-6-15(7-9-17)14-20-22(29)27(19-12-10-18(25)11-13-19)23(30-20)26-21(28)16-4-2-1-3-5-16/h1-14H. The molecule has 1 fully saturated rings. The van der Waals surface area contributed by atoms with Gasteiger partial charge in [0.05, 0.1) is 10.6 Å². The highest BCUT2D eigenvalue weighted by Crippen LogP contribution is 2.36. The van der Waals surface area contributed by atoms with Crippen molar-refractivity contribution in [3.8, 4) is 0 Å². The zero-order chi connectivity index (χ0) is 21.1. The molecule has 4 nitrogen and oxygen atoms in total. The number of nitrogens with zero attached hydrogens (tertiary/aromatic N) is 2. The maximum absolute atomic E-state index is 13.2. The van der Waals surface area contributed by atoms with Crippen LogP contribution in [0, 0.1) is 0 Å². The predicted octanol–water partition coefficient (Wildman–Crippen LogP) is 6.31. The number of anilines is 1. The second-order valence-corrected chi connectivity index (χ2v) is 8.23. The summed E-state index contributed by atoms with van der Waals surface area (Å²) in [6.45, 7) is 0. The quantitative estimate of drug-likeness (QED) is 0.437. The third kappa shape index (κ3) is 4.49. The van der Waals surface area contributed by atoms with Crippen molar-refractivity contribution in [1.29, 1.82) is 0 Å². The molecule has 0 unspecified atom stereocenters. The smallest absolute Gasteiger partial charge is 0.268 e. The normalized spacial score (nSPS) is 16.5. The van der Waals surface area contributed by atoms with Crippen LogP contribution in [0.25, 0.3) is 6.08 Å². The highest BCUT2D eigenvalue weighted by Gasteiger charge is 2.35. The Hall–Kier alpha value is -2.86. The van der Waals surface area contributed by atoms with Crippen molar-refractivity contribution in [3.63, 3.8) is 0 Å². The van der Waals surface area contributed by atoms with Crippen molar-refractivity contribution in [1.82, 2.24) is 0 Å². The monoisotopic (exact) mass is 452 g/mol. The zero-order valence-corrected chi connectivity index (χ0v) is 17.8. The average molecular weight is 453 g/mol. The van der Waals surface area contributed by atoms with Crippen molar-refractivity contribution in [2.75, 3.05) is 4.90 Å². The van der Waals surface area contributed by atoms with Gasteiger partial charge in [-0.1, -0.05) is 53.5 Å². The third-order valence-electron chi connectivity index (χ3n) is 4.28. The highest BCUT2D eigenvalue weighted by atomic mass is 35.5. The van der Waals surface area contributed by atoms with E-state index in [2.05, 4.69) is 4.99 Å². The number of hydrogen-bond donors (Lipinski definition) is 0. The molecule has 0 spiro atoms. The summed E-state index contributed by atoms with van der Waals surface area (Å²) in [7, 11) is 0. The van der Waals surface area contributed by atoms with Crippen LogP contribution in [0.15, 0.2) is 88.8 Å². The minimum atomic E-state index is -0.419. The summed E-state index contributed by atoms with van der Waals surface area (Å²) in [4.78, 5) is 31.9. The lowest BCUT2D eigenvalue weighted by Crippen LogP contribution is -2.29. The Morgan fingerprint density at radius 3 is 2.10 bits per heavy atom. The first-order chi connectivity index (χ1) is 14.5. The van der Waals surface area contributed by atoms with Crippen molar-refractivity contribution < 1.29 is 9.59 Å². The van der Waals surface area contributed by atoms with Crippen LogP contribution in [0.1, 0.15) is 15.9 Å². The van der Waals surface area contributed by atoms with E-state index in [-0.39, 0.29) is 11.1 Å². The molecule has 0 radical (unpaired) electrons. The first-order valence-corrected chi connectivity index (χ1v) is 10.5. The fraction of sp³-hybridized carbons (Fsp3) is 0. The van der Waals surface area contributed by atoms with Gasteiger partial charge >= 0.3 is 0 Å². The second kappa shape index (κ2) is 8.88. The van der Waals surface area contributed by atoms with Gasteiger partial charge in [0.15, 0.2) is 5.17 Å². The van der Waals surface area contributed by atoms with E-state index in [1.807, 2.05) is 18.2 Å². The number of thioether (sulfide) groups is 1. The lowest BCUT2D eigenvalue weighted by atomic mass is 10.2. The summed E-state index contributed by atoms with van der Waals surface area (Å²) in [5.74, 6) is -0.686. The first kappa shape index (κ1) is 20.4. The number of amidine groups is 1. The Labute approximate surface area is 187 Å². The number of carbonyl (C=O) groups excluding carboxylic acids is 2. The molecular formula is C23H14Cl2N2O2S. The summed E-state index contributed by atoms with van der Waals surface area (Å²) < 4.78 is 0. The maximum atomic E-state index is 13.2. The Kier molecular flexibility index (Phi) is 6.04. The lowest BCUT2D eigenvalue weighted by molar-refractivity contribution is -0.113. The summed E-state index contributed by atoms with van der Waals surface area (Å²) in [5.41, 5.74) is 1.85. The molecule has 1 saturated heterocycles. The number of amides is 2. The van der Waals surface area contributed by atoms with Crippen molar-refractivity contribution >= 4 is 63.7 Å². The van der Waals surface area contributed by atoms with Gasteiger partial charge in [0.25, 0.3) is 11.8 Å². The molecule has 1 heterocycles. The van der Waals surface area contributed by atoms with Gasteiger partial charge < -0.3 is 0 Å². The predicted molar refractivity (Wildman–Crippen MR) is 124 cm³/mol. The van der Waals surface area contributed by atoms with Crippen LogP contribution >= 0.6 is 35.0 Å². The van der Waals surface area contributed by atoms with E-state index in [4.69, 9.17) is 23.2 Å². The van der Waals surface area contributed by atoms with E-state index in [1.165, 1.54) is 4.90 Å². The van der Waals surface area contributed by atoms with Gasteiger partial charge in [0.2, 0.25) is 0 Å². The summed E-state index contributed by atoms with van der Waals surface area (Å²) in [6.07, 6.45) is 1.75. The van der Waals surface area contributed by atoms with Gasteiger partial charge in [-0.2, -0.15) is 4.99 Å². The lowest BCUT2D eigenvalue weighted by Gasteiger charge is -2.15. The van der Waals surface area contributed by atoms with E-state index in [1.54, 1.807) is 66.7 Å². The molecule has 7 heteroatoms. The fourth-order valence-corrected chi connectivity index (χ4v) is 4.04. The molecule has 148 valence electrons. The average Bonchev–Trinajstić information content (AvgIpc) is 3.05. The molecule has 1 aliphatic heterocycles. The van der Waals surface area contributed by atoms with Gasteiger partial charge in [-0.3, -0.25) is 14.5 Å². The van der Waals surface area contributed by atoms with E-state index in [9.17, 15) is 9.59 Å². The number of carbonyl (C=O) groups is 2. The molecule has 4 rings (SSSR count). The molecule has 0 bridgehead atoms. The van der Waals surface area contributed by atoms with Crippen LogP contribution in [0.4, 0.5) is 5.69 Å². The topological polar surface area (TPSA) is 49.7 Å². The van der Waals surface area contributed by atoms with Crippen molar-refractivity contribution in [2.45, 2.75) is 0 Å². The Balaban J connectivity index is 1.74. The van der Waals surface area contributed by atoms with Gasteiger partial charge in [-0.25, -0.2) is 0 Å². The molecule has 0 saturated carbocycles. The Bertz CT molecular complexity index is 1160. The highest BCUT2D eigenvalue weighted by molar-refractivity contribution is 8.19. The number of rotatable bonds is 3. The molecular weight excluding hydrogens is 439 g/mol. The molecule has 0 atom stereocenters. The number of benzene rings is 3. The summed E-state index contributed by atoms with van der Waals surface area (Å²) >= 11 is 13.1. The fourth-order valence-electron chi connectivity index (χ4n) is 2.81. The maximum Gasteiger partial charge on any atom is 0.279 e. The SMILES string of the molecule is O=C(N=C1SC(=Cc2ccc(Cl)cc2)C(=O)N1c1ccc(Cl)cc1)c1ccccc1.